The van der Waals surface area contributed by atoms with Gasteiger partial charge in [-0.3, -0.25) is 14.2 Å². The number of likely N-dealkylation sites (N-methyl/N-ethyl adjacent to an activating group) is 1. The Bertz CT molecular complexity index is 1250. The molecular weight excluding hydrogens is 814 g/mol. The fourth-order valence-corrected chi connectivity index (χ4v) is 8.86. The third-order valence-corrected chi connectivity index (χ3v) is 17.1. The van der Waals surface area contributed by atoms with Crippen molar-refractivity contribution in [3.05, 3.63) is 12.2 Å². The molecule has 0 radical (unpaired) electrons. The molecule has 1 saturated heterocycles. The van der Waals surface area contributed by atoms with E-state index in [1.54, 1.807) is 0 Å². The zero-order valence-corrected chi connectivity index (χ0v) is 42.8. The zero-order chi connectivity index (χ0) is 45.8. The summed E-state index contributed by atoms with van der Waals surface area (Å²) in [5, 5.41) is 0.114. The molecule has 1 aliphatic heterocycles. The predicted molar refractivity (Wildman–Crippen MR) is 247 cm³/mol. The van der Waals surface area contributed by atoms with Gasteiger partial charge in [0.05, 0.1) is 34.4 Å². The molecule has 0 aromatic rings. The molecule has 0 aliphatic carbocycles. The summed E-state index contributed by atoms with van der Waals surface area (Å²) in [6, 6.07) is 0. The summed E-state index contributed by atoms with van der Waals surface area (Å²) in [6.45, 7) is 17.7. The van der Waals surface area contributed by atoms with Gasteiger partial charge in [0.2, 0.25) is 0 Å². The Kier molecular flexibility index (Phi) is 29.3. The highest BCUT2D eigenvalue weighted by atomic mass is 31.2. The van der Waals surface area contributed by atoms with Gasteiger partial charge in [-0.15, -0.1) is 0 Å². The van der Waals surface area contributed by atoms with E-state index in [0.29, 0.717) is 24.1 Å². The minimum absolute atomic E-state index is 0.0444. The highest BCUT2D eigenvalue weighted by Gasteiger charge is 2.39. The first kappa shape index (κ1) is 57.9. The summed E-state index contributed by atoms with van der Waals surface area (Å²) in [5.41, 5.74) is 0. The fraction of sp³-hybridized carbons (Fsp3) is 0.915. The van der Waals surface area contributed by atoms with Crippen LogP contribution in [0.4, 0.5) is 0 Å². The van der Waals surface area contributed by atoms with E-state index >= 15 is 0 Å². The minimum atomic E-state index is -4.66. The van der Waals surface area contributed by atoms with Crippen LogP contribution in [0.25, 0.3) is 0 Å². The highest BCUT2D eigenvalue weighted by molar-refractivity contribution is 7.45. The molecule has 0 aromatic heterocycles. The van der Waals surface area contributed by atoms with Crippen molar-refractivity contribution in [3.8, 4) is 0 Å². The molecular formula is C47H92NO11PSi. The van der Waals surface area contributed by atoms with Crippen LogP contribution in [0, 0.1) is 0 Å². The molecule has 1 rings (SSSR count). The number of carbonyl (C=O) groups excluding carboxylic acids is 2. The van der Waals surface area contributed by atoms with E-state index in [1.165, 1.54) is 64.2 Å². The standard InChI is InChI=1S/C47H92NO11PSi/c1-12-13-14-15-16-17-18-19-20-21-22-25-28-34-44(49)53-38-43(40-56-60(51,52)55-37-36-48(7,8)9)57-45(50)35-29-26-23-24-27-31-41(59-61(10,11)46(2,3)4)32-30-33-42-39-54-47(5,6)58-42/h30,33,41-43H,12-29,31-32,34-40H2,1-11H3/b33-30+. The van der Waals surface area contributed by atoms with Crippen molar-refractivity contribution in [2.75, 3.05) is 54.1 Å². The third-order valence-electron chi connectivity index (χ3n) is 11.6. The fourth-order valence-electron chi connectivity index (χ4n) is 6.73. The summed E-state index contributed by atoms with van der Waals surface area (Å²) in [6.07, 6.45) is 25.7. The lowest BCUT2D eigenvalue weighted by Crippen LogP contribution is -2.43. The molecule has 14 heteroatoms. The number of unbranched alkanes of at least 4 members (excludes halogenated alkanes) is 16. The summed E-state index contributed by atoms with van der Waals surface area (Å²) in [5.74, 6) is -1.44. The Hall–Kier alpha value is -1.15. The van der Waals surface area contributed by atoms with E-state index in [0.717, 1.165) is 57.8 Å². The Morgan fingerprint density at radius 3 is 1.84 bits per heavy atom. The van der Waals surface area contributed by atoms with Gasteiger partial charge < -0.3 is 41.8 Å². The Morgan fingerprint density at radius 2 is 1.33 bits per heavy atom. The maximum Gasteiger partial charge on any atom is 0.306 e. The van der Waals surface area contributed by atoms with Crippen LogP contribution in [0.5, 0.6) is 0 Å². The largest absolute Gasteiger partial charge is 0.756 e. The van der Waals surface area contributed by atoms with Gasteiger partial charge in [0.15, 0.2) is 20.2 Å². The van der Waals surface area contributed by atoms with Crippen molar-refractivity contribution in [3.63, 3.8) is 0 Å². The van der Waals surface area contributed by atoms with Crippen molar-refractivity contribution in [1.82, 2.24) is 0 Å². The van der Waals surface area contributed by atoms with Crippen molar-refractivity contribution in [2.24, 2.45) is 0 Å². The van der Waals surface area contributed by atoms with E-state index in [9.17, 15) is 19.0 Å². The van der Waals surface area contributed by atoms with Gasteiger partial charge in [0.25, 0.3) is 7.82 Å². The second-order valence-corrected chi connectivity index (χ2v) is 26.4. The maximum absolute atomic E-state index is 12.9. The predicted octanol–water partition coefficient (Wildman–Crippen LogP) is 11.3. The monoisotopic (exact) mass is 906 g/mol. The van der Waals surface area contributed by atoms with E-state index in [4.69, 9.17) is 32.4 Å². The number of quaternary nitrogens is 1. The molecule has 360 valence electrons. The molecule has 4 atom stereocenters. The number of nitrogens with zero attached hydrogens (tertiary/aromatic N) is 1. The van der Waals surface area contributed by atoms with Crippen LogP contribution in [0.3, 0.4) is 0 Å². The van der Waals surface area contributed by atoms with Gasteiger partial charge in [-0.2, -0.15) is 0 Å². The molecule has 0 amide bonds. The van der Waals surface area contributed by atoms with E-state index in [1.807, 2.05) is 35.0 Å². The van der Waals surface area contributed by atoms with Gasteiger partial charge in [-0.25, -0.2) is 0 Å². The number of ether oxygens (including phenoxy) is 4. The van der Waals surface area contributed by atoms with Crippen LogP contribution >= 0.6 is 7.82 Å². The summed E-state index contributed by atoms with van der Waals surface area (Å²) in [4.78, 5) is 38.0. The van der Waals surface area contributed by atoms with Crippen LogP contribution < -0.4 is 4.89 Å². The van der Waals surface area contributed by atoms with Gasteiger partial charge in [-0.05, 0) is 57.7 Å². The molecule has 0 aromatic carbocycles. The lowest BCUT2D eigenvalue weighted by Gasteiger charge is -2.39. The topological polar surface area (TPSA) is 139 Å². The number of hydrogen-bond donors (Lipinski definition) is 0. The average molecular weight is 906 g/mol. The van der Waals surface area contributed by atoms with Gasteiger partial charge in [0, 0.05) is 18.9 Å². The quantitative estimate of drug-likeness (QED) is 0.0147. The van der Waals surface area contributed by atoms with Crippen molar-refractivity contribution in [2.45, 2.75) is 225 Å². The smallest absolute Gasteiger partial charge is 0.306 e. The first-order valence-corrected chi connectivity index (χ1v) is 28.3. The first-order chi connectivity index (χ1) is 28.5. The first-order valence-electron chi connectivity index (χ1n) is 24.0. The summed E-state index contributed by atoms with van der Waals surface area (Å²) >= 11 is 0. The van der Waals surface area contributed by atoms with E-state index < -0.39 is 46.6 Å². The molecule has 4 unspecified atom stereocenters. The lowest BCUT2D eigenvalue weighted by atomic mass is 10.0. The second-order valence-electron chi connectivity index (χ2n) is 20.2. The number of esters is 2. The summed E-state index contributed by atoms with van der Waals surface area (Å²) < 4.78 is 52.6. The number of phosphoric acid groups is 1. The number of hydrogen-bond acceptors (Lipinski definition) is 11. The number of phosphoric ester groups is 1. The van der Waals surface area contributed by atoms with Gasteiger partial charge in [0.1, 0.15) is 25.9 Å². The Balaban J connectivity index is 2.53. The van der Waals surface area contributed by atoms with E-state index in [2.05, 4.69) is 52.9 Å². The van der Waals surface area contributed by atoms with Crippen LogP contribution in [0.15, 0.2) is 12.2 Å². The van der Waals surface area contributed by atoms with Crippen LogP contribution in [-0.4, -0.2) is 103 Å². The zero-order valence-electron chi connectivity index (χ0n) is 40.9. The molecule has 1 aliphatic rings. The number of rotatable bonds is 37. The second kappa shape index (κ2) is 30.9. The SMILES string of the molecule is CCCCCCCCCCCCCCCC(=O)OCC(COP(=O)([O-])OCC[N+](C)(C)C)OC(=O)CCCCCCCC(C/C=C/C1COC(C)(C)O1)O[Si](C)(C)C(C)(C)C. The summed E-state index contributed by atoms with van der Waals surface area (Å²) in [7, 11) is -0.848. The molecule has 0 N–H and O–H groups in total. The van der Waals surface area contributed by atoms with Gasteiger partial charge >= 0.3 is 11.9 Å². The van der Waals surface area contributed by atoms with Crippen molar-refractivity contribution < 1.29 is 56.0 Å². The molecule has 61 heavy (non-hydrogen) atoms. The Labute approximate surface area is 374 Å². The lowest BCUT2D eigenvalue weighted by molar-refractivity contribution is -0.870. The average Bonchev–Trinajstić information content (AvgIpc) is 3.50. The molecule has 0 saturated carbocycles. The maximum atomic E-state index is 12.9. The third kappa shape index (κ3) is 31.4. The van der Waals surface area contributed by atoms with Crippen LogP contribution in [-0.2, 0) is 46.6 Å². The molecule has 1 heterocycles. The molecule has 12 nitrogen and oxygen atoms in total. The van der Waals surface area contributed by atoms with Crippen LogP contribution in [0.1, 0.15) is 183 Å². The van der Waals surface area contributed by atoms with Gasteiger partial charge in [-0.1, -0.05) is 143 Å². The number of carbonyl (C=O) groups is 2. The highest BCUT2D eigenvalue weighted by Crippen LogP contribution is 2.39. The molecule has 0 spiro atoms. The normalized spacial score (nSPS) is 18.0. The molecule has 1 fully saturated rings. The van der Waals surface area contributed by atoms with Crippen LogP contribution in [0.2, 0.25) is 18.1 Å². The minimum Gasteiger partial charge on any atom is -0.756 e. The molecule has 0 bridgehead atoms. The van der Waals surface area contributed by atoms with Crippen molar-refractivity contribution >= 4 is 28.1 Å². The Morgan fingerprint density at radius 1 is 0.803 bits per heavy atom. The van der Waals surface area contributed by atoms with Crippen molar-refractivity contribution in [1.29, 1.82) is 0 Å². The van der Waals surface area contributed by atoms with E-state index in [-0.39, 0.29) is 43.3 Å².